The molecule has 0 aliphatic heterocycles. The molecule has 1 heterocycles. The molecule has 8 nitrogen and oxygen atoms in total. The zero-order chi connectivity index (χ0) is 20.6. The number of unbranched alkanes of at least 4 members (excludes halogenated alkanes) is 1. The Morgan fingerprint density at radius 2 is 1.69 bits per heavy atom. The van der Waals surface area contributed by atoms with Crippen molar-refractivity contribution in [2.75, 3.05) is 13.2 Å². The van der Waals surface area contributed by atoms with Gasteiger partial charge in [0.1, 0.15) is 16.7 Å². The molecule has 0 aliphatic carbocycles. The molecule has 8 heteroatoms. The number of hydrogen-bond acceptors (Lipinski definition) is 7. The second kappa shape index (κ2) is 9.50. The fourth-order valence-corrected chi connectivity index (χ4v) is 2.55. The Morgan fingerprint density at radius 3 is 2.34 bits per heavy atom. The molecule has 0 atom stereocenters. The number of nitrogens with zero attached hydrogens (tertiary/aromatic N) is 3. The average molecular weight is 395 g/mol. The van der Waals surface area contributed by atoms with Crippen molar-refractivity contribution in [1.82, 2.24) is 15.0 Å². The highest BCUT2D eigenvalue weighted by Gasteiger charge is 2.15. The van der Waals surface area contributed by atoms with Gasteiger partial charge in [-0.3, -0.25) is 0 Å². The molecular formula is C21H21N3O5. The van der Waals surface area contributed by atoms with Gasteiger partial charge in [0, 0.05) is 6.08 Å². The van der Waals surface area contributed by atoms with Crippen LogP contribution in [-0.2, 0) is 14.3 Å². The van der Waals surface area contributed by atoms with E-state index < -0.39 is 12.1 Å². The van der Waals surface area contributed by atoms with Gasteiger partial charge in [-0.25, -0.2) is 9.59 Å². The first kappa shape index (κ1) is 20.1. The number of benzene rings is 2. The lowest BCUT2D eigenvalue weighted by molar-refractivity contribution is -0.137. The van der Waals surface area contributed by atoms with Gasteiger partial charge in [0.2, 0.25) is 0 Å². The molecule has 0 amide bonds. The first-order chi connectivity index (χ1) is 14.1. The largest absolute Gasteiger partial charge is 0.513 e. The Balaban J connectivity index is 1.60. The minimum atomic E-state index is -0.824. The summed E-state index contributed by atoms with van der Waals surface area (Å²) in [6.45, 7) is 5.63. The van der Waals surface area contributed by atoms with Crippen molar-refractivity contribution >= 4 is 23.2 Å². The van der Waals surface area contributed by atoms with Crippen LogP contribution in [-0.4, -0.2) is 40.3 Å². The maximum atomic E-state index is 12.0. The first-order valence-corrected chi connectivity index (χ1v) is 9.14. The van der Waals surface area contributed by atoms with E-state index in [-0.39, 0.29) is 13.2 Å². The minimum absolute atomic E-state index is 0.148. The van der Waals surface area contributed by atoms with E-state index >= 15 is 0 Å². The highest BCUT2D eigenvalue weighted by molar-refractivity contribution is 5.81. The van der Waals surface area contributed by atoms with Crippen LogP contribution in [0.15, 0.2) is 55.1 Å². The van der Waals surface area contributed by atoms with E-state index in [0.717, 1.165) is 22.7 Å². The molecule has 0 N–H and O–H groups in total. The summed E-state index contributed by atoms with van der Waals surface area (Å²) in [5.74, 6) is -0.182. The lowest BCUT2D eigenvalue weighted by Crippen LogP contribution is -2.14. The van der Waals surface area contributed by atoms with Gasteiger partial charge >= 0.3 is 12.1 Å². The van der Waals surface area contributed by atoms with Crippen LogP contribution in [0.25, 0.3) is 16.7 Å². The van der Waals surface area contributed by atoms with Crippen LogP contribution in [0, 0.1) is 6.92 Å². The van der Waals surface area contributed by atoms with Gasteiger partial charge in [-0.1, -0.05) is 24.8 Å². The molecule has 150 valence electrons. The van der Waals surface area contributed by atoms with Gasteiger partial charge in [0.05, 0.1) is 13.2 Å². The van der Waals surface area contributed by atoms with Crippen molar-refractivity contribution in [3.05, 3.63) is 60.7 Å². The van der Waals surface area contributed by atoms with Crippen LogP contribution >= 0.6 is 0 Å². The lowest BCUT2D eigenvalue weighted by atomic mass is 10.2. The smallest absolute Gasteiger partial charge is 0.463 e. The van der Waals surface area contributed by atoms with E-state index in [2.05, 4.69) is 16.8 Å². The predicted molar refractivity (Wildman–Crippen MR) is 106 cm³/mol. The number of ether oxygens (including phenoxy) is 3. The van der Waals surface area contributed by atoms with Crippen molar-refractivity contribution < 1.29 is 23.8 Å². The predicted octanol–water partition coefficient (Wildman–Crippen LogP) is 3.75. The Morgan fingerprint density at radius 1 is 1.03 bits per heavy atom. The summed E-state index contributed by atoms with van der Waals surface area (Å²) in [6, 6.07) is 12.8. The molecule has 29 heavy (non-hydrogen) atoms. The van der Waals surface area contributed by atoms with E-state index in [1.54, 1.807) is 6.07 Å². The van der Waals surface area contributed by atoms with Crippen LogP contribution in [0.3, 0.4) is 0 Å². The summed E-state index contributed by atoms with van der Waals surface area (Å²) in [5, 5.41) is 8.87. The van der Waals surface area contributed by atoms with E-state index in [1.807, 2.05) is 43.3 Å². The van der Waals surface area contributed by atoms with Gasteiger partial charge in [-0.15, -0.1) is 15.0 Å². The van der Waals surface area contributed by atoms with Crippen molar-refractivity contribution in [2.45, 2.75) is 19.8 Å². The van der Waals surface area contributed by atoms with Crippen molar-refractivity contribution in [1.29, 1.82) is 0 Å². The molecule has 0 spiro atoms. The number of hydrogen-bond donors (Lipinski definition) is 0. The third kappa shape index (κ3) is 5.41. The van der Waals surface area contributed by atoms with E-state index in [1.165, 1.54) is 4.80 Å². The summed E-state index contributed by atoms with van der Waals surface area (Å²) in [4.78, 5) is 24.4. The molecule has 2 aromatic carbocycles. The number of fused-ring (bicyclic) bond motifs is 1. The molecule has 0 saturated heterocycles. The zero-order valence-corrected chi connectivity index (χ0v) is 16.0. The van der Waals surface area contributed by atoms with Gasteiger partial charge in [-0.05, 0) is 49.6 Å². The summed E-state index contributed by atoms with van der Waals surface area (Å²) >= 11 is 0. The number of esters is 1. The Kier molecular flexibility index (Phi) is 6.57. The van der Waals surface area contributed by atoms with Gasteiger partial charge in [0.15, 0.2) is 5.75 Å². The lowest BCUT2D eigenvalue weighted by Gasteiger charge is -2.10. The quantitative estimate of drug-likeness (QED) is 0.248. The number of rotatable bonds is 8. The van der Waals surface area contributed by atoms with E-state index in [9.17, 15) is 9.59 Å². The highest BCUT2D eigenvalue weighted by atomic mass is 16.7. The van der Waals surface area contributed by atoms with Crippen LogP contribution in [0.4, 0.5) is 4.79 Å². The molecule has 0 saturated carbocycles. The van der Waals surface area contributed by atoms with Crippen LogP contribution in [0.1, 0.15) is 18.4 Å². The molecule has 0 fully saturated rings. The highest BCUT2D eigenvalue weighted by Crippen LogP contribution is 2.25. The van der Waals surface area contributed by atoms with Crippen molar-refractivity contribution in [3.63, 3.8) is 0 Å². The third-order valence-electron chi connectivity index (χ3n) is 3.98. The average Bonchev–Trinajstić information content (AvgIpc) is 3.15. The molecule has 3 rings (SSSR count). The van der Waals surface area contributed by atoms with Crippen molar-refractivity contribution in [3.8, 4) is 11.4 Å². The topological polar surface area (TPSA) is 92.5 Å². The fourth-order valence-electron chi connectivity index (χ4n) is 2.55. The second-order valence-electron chi connectivity index (χ2n) is 6.23. The normalized spacial score (nSPS) is 10.5. The van der Waals surface area contributed by atoms with Gasteiger partial charge in [-0.2, -0.15) is 0 Å². The third-order valence-corrected chi connectivity index (χ3v) is 3.98. The maximum absolute atomic E-state index is 12.0. The van der Waals surface area contributed by atoms with Crippen molar-refractivity contribution in [2.24, 2.45) is 0 Å². The van der Waals surface area contributed by atoms with Crippen LogP contribution in [0.5, 0.6) is 5.75 Å². The van der Waals surface area contributed by atoms with Crippen LogP contribution < -0.4 is 4.74 Å². The van der Waals surface area contributed by atoms with Gasteiger partial charge < -0.3 is 14.2 Å². The molecule has 1 aromatic heterocycles. The Hall–Kier alpha value is -3.68. The molecular weight excluding hydrogens is 374 g/mol. The summed E-state index contributed by atoms with van der Waals surface area (Å²) < 4.78 is 15.3. The number of carbonyl (C=O) groups is 2. The molecule has 0 unspecified atom stereocenters. The van der Waals surface area contributed by atoms with E-state index in [0.29, 0.717) is 24.3 Å². The molecule has 0 bridgehead atoms. The maximum Gasteiger partial charge on any atom is 0.513 e. The van der Waals surface area contributed by atoms with Gasteiger partial charge in [0.25, 0.3) is 0 Å². The molecule has 0 radical (unpaired) electrons. The van der Waals surface area contributed by atoms with Crippen LogP contribution in [0.2, 0.25) is 0 Å². The second-order valence-corrected chi connectivity index (χ2v) is 6.23. The minimum Gasteiger partial charge on any atom is -0.463 e. The molecule has 3 aromatic rings. The monoisotopic (exact) mass is 395 g/mol. The number of aromatic nitrogens is 3. The SMILES string of the molecule is C=CC(=O)OCCCCOC(=O)Oc1ccc(C)cc1-n1nc2ccccc2n1. The summed E-state index contributed by atoms with van der Waals surface area (Å²) in [6.07, 6.45) is 1.37. The Labute approximate surface area is 167 Å². The fraction of sp³-hybridized carbons (Fsp3) is 0.238. The standard InChI is InChI=1S/C21H21N3O5/c1-3-20(25)27-12-6-7-13-28-21(26)29-19-11-10-15(2)14-18(19)24-22-16-8-4-5-9-17(16)23-24/h3-5,8-11,14H,1,6-7,12-13H2,2H3. The molecule has 0 aliphatic rings. The van der Waals surface area contributed by atoms with E-state index in [4.69, 9.17) is 14.2 Å². The first-order valence-electron chi connectivity index (χ1n) is 9.14. The number of aryl methyl sites for hydroxylation is 1. The summed E-state index contributed by atoms with van der Waals surface area (Å²) in [7, 11) is 0. The Bertz CT molecular complexity index is 995. The number of carbonyl (C=O) groups excluding carboxylic acids is 2. The summed E-state index contributed by atoms with van der Waals surface area (Å²) in [5.41, 5.74) is 2.98. The zero-order valence-electron chi connectivity index (χ0n) is 16.0.